The second kappa shape index (κ2) is 21.7. The van der Waals surface area contributed by atoms with Gasteiger partial charge in [-0.25, -0.2) is 9.97 Å². The number of aromatic nitrogens is 3. The highest BCUT2D eigenvalue weighted by molar-refractivity contribution is 6.30. The van der Waals surface area contributed by atoms with Crippen LogP contribution in [0.15, 0.2) is 67.1 Å². The van der Waals surface area contributed by atoms with Gasteiger partial charge in [-0.3, -0.25) is 29.0 Å². The van der Waals surface area contributed by atoms with Crippen molar-refractivity contribution < 1.29 is 23.9 Å². The molecule has 0 bridgehead atoms. The molecule has 6 fully saturated rings. The Balaban J connectivity index is 0.628. The summed E-state index contributed by atoms with van der Waals surface area (Å²) in [7, 11) is 0. The number of amides is 4. The maximum Gasteiger partial charge on any atom is 0.253 e. The van der Waals surface area contributed by atoms with Gasteiger partial charge in [0.15, 0.2) is 0 Å². The molecule has 1 unspecified atom stereocenters. The van der Waals surface area contributed by atoms with E-state index < -0.39 is 5.54 Å². The van der Waals surface area contributed by atoms with Crippen molar-refractivity contribution in [3.63, 3.8) is 0 Å². The lowest BCUT2D eigenvalue weighted by atomic mass is 9.87. The Labute approximate surface area is 416 Å². The number of likely N-dealkylation sites (tertiary alicyclic amines) is 3. The van der Waals surface area contributed by atoms with Crippen molar-refractivity contribution in [2.45, 2.75) is 100 Å². The Hall–Kier alpha value is -5.13. The Bertz CT molecular complexity index is 2450. The second-order valence-electron chi connectivity index (χ2n) is 20.8. The lowest BCUT2D eigenvalue weighted by molar-refractivity contribution is -0.135. The van der Waals surface area contributed by atoms with E-state index in [0.29, 0.717) is 76.0 Å². The lowest BCUT2D eigenvalue weighted by Gasteiger charge is -2.40. The van der Waals surface area contributed by atoms with E-state index in [4.69, 9.17) is 22.1 Å². The SMILES string of the molecule is NC1(C(=O)N[C@@H](CCN2CCN(C(=O)CN3CCC(OC4CCN(C(=O)c5cccc(C6CCCN(C(=O)C7CC7)C6)c5)CC4)CC3)CC2)c2ccc(Cl)cc2)CCN(c2ncnc3[nH]ccc23)CC1. The lowest BCUT2D eigenvalue weighted by Crippen LogP contribution is -2.60. The van der Waals surface area contributed by atoms with Gasteiger partial charge in [0.05, 0.1) is 35.7 Å². The summed E-state index contributed by atoms with van der Waals surface area (Å²) in [6.45, 7) is 9.93. The third kappa shape index (κ3) is 11.5. The van der Waals surface area contributed by atoms with Gasteiger partial charge in [0.25, 0.3) is 5.91 Å². The number of aromatic amines is 1. The number of benzene rings is 2. The standard InChI is InChI=1S/C53H70ClN11O5/c54-42-10-8-37(9-11-42)46(59-52(69)53(55)18-27-63(28-19-53)49-45-12-20-56-48(45)57-36-58-49)17-24-60-29-31-62(32-30-60)47(66)35-61-22-13-43(14-23-61)70-44-15-25-64(26-16-44)51(68)40-4-1-3-39(33-40)41-5-2-21-65(34-41)50(67)38-6-7-38/h1,3-4,8-12,20,33,36,38,41,43-44,46H,2,5-7,13-19,21-32,34-35,55H2,(H,59,69)(H,56,57,58)/t41?,46-/m0/s1. The number of ether oxygens (including phenoxy) is 1. The van der Waals surface area contributed by atoms with Crippen molar-refractivity contribution in [3.05, 3.63) is 88.8 Å². The van der Waals surface area contributed by atoms with E-state index in [2.05, 4.69) is 52.0 Å². The Morgan fingerprint density at radius 3 is 2.24 bits per heavy atom. The first-order valence-electron chi connectivity index (χ1n) is 26.0. The molecule has 6 aliphatic rings. The Morgan fingerprint density at radius 2 is 1.51 bits per heavy atom. The molecule has 0 spiro atoms. The van der Waals surface area contributed by atoms with Crippen LogP contribution in [0.25, 0.3) is 11.0 Å². The molecule has 2 aromatic carbocycles. The molecule has 2 aromatic heterocycles. The molecular formula is C53H70ClN11O5. The Kier molecular flexibility index (Phi) is 15.0. The molecule has 5 saturated heterocycles. The van der Waals surface area contributed by atoms with Gasteiger partial charge in [-0.15, -0.1) is 0 Å². The molecule has 16 nitrogen and oxygen atoms in total. The highest BCUT2D eigenvalue weighted by atomic mass is 35.5. The number of hydrogen-bond donors (Lipinski definition) is 3. The quantitative estimate of drug-likeness (QED) is 0.152. The average Bonchev–Trinajstić information content (AvgIpc) is 4.14. The smallest absolute Gasteiger partial charge is 0.253 e. The molecule has 4 aromatic rings. The number of hydrogen-bond acceptors (Lipinski definition) is 11. The van der Waals surface area contributed by atoms with Gasteiger partial charge in [-0.1, -0.05) is 35.9 Å². The maximum atomic E-state index is 14.0. The number of piperidine rings is 4. The highest BCUT2D eigenvalue weighted by Gasteiger charge is 2.40. The van der Waals surface area contributed by atoms with Crippen LogP contribution in [0, 0.1) is 5.92 Å². The monoisotopic (exact) mass is 976 g/mol. The molecule has 4 N–H and O–H groups in total. The van der Waals surface area contributed by atoms with E-state index in [1.165, 1.54) is 0 Å². The number of carbonyl (C=O) groups is 4. The van der Waals surface area contributed by atoms with E-state index in [9.17, 15) is 19.2 Å². The molecule has 2 atom stereocenters. The summed E-state index contributed by atoms with van der Waals surface area (Å²) in [5, 5.41) is 4.92. The first kappa shape index (κ1) is 48.5. The summed E-state index contributed by atoms with van der Waals surface area (Å²) in [6, 6.07) is 17.5. The molecule has 10 rings (SSSR count). The largest absolute Gasteiger partial charge is 0.375 e. The summed E-state index contributed by atoms with van der Waals surface area (Å²) in [5.74, 6) is 1.80. The van der Waals surface area contributed by atoms with Gasteiger partial charge in [0, 0.05) is 114 Å². The molecule has 7 heterocycles. The molecule has 17 heteroatoms. The molecular weight excluding hydrogens is 906 g/mol. The summed E-state index contributed by atoms with van der Waals surface area (Å²) < 4.78 is 6.62. The summed E-state index contributed by atoms with van der Waals surface area (Å²) in [5.41, 5.74) is 9.53. The fourth-order valence-corrected chi connectivity index (χ4v) is 11.5. The van der Waals surface area contributed by atoms with Crippen molar-refractivity contribution in [1.29, 1.82) is 0 Å². The minimum atomic E-state index is -1.01. The summed E-state index contributed by atoms with van der Waals surface area (Å²) >= 11 is 6.27. The van der Waals surface area contributed by atoms with Gasteiger partial charge in [-0.2, -0.15) is 0 Å². The third-order valence-corrected chi connectivity index (χ3v) is 16.3. The van der Waals surface area contributed by atoms with Crippen LogP contribution in [0.2, 0.25) is 5.02 Å². The van der Waals surface area contributed by atoms with Crippen LogP contribution in [0.1, 0.15) is 104 Å². The average molecular weight is 977 g/mol. The van der Waals surface area contributed by atoms with Crippen molar-refractivity contribution >= 4 is 52.1 Å². The first-order chi connectivity index (χ1) is 34.0. The molecule has 4 amide bonds. The molecule has 1 saturated carbocycles. The number of nitrogens with zero attached hydrogens (tertiary/aromatic N) is 8. The zero-order chi connectivity index (χ0) is 48.2. The van der Waals surface area contributed by atoms with Crippen LogP contribution in [0.4, 0.5) is 5.82 Å². The van der Waals surface area contributed by atoms with Gasteiger partial charge in [0.1, 0.15) is 17.8 Å². The van der Waals surface area contributed by atoms with Crippen molar-refractivity contribution in [1.82, 2.24) is 44.8 Å². The topological polar surface area (TPSA) is 177 Å². The predicted octanol–water partition coefficient (Wildman–Crippen LogP) is 5.20. The number of nitrogens with one attached hydrogen (secondary N) is 2. The van der Waals surface area contributed by atoms with Crippen LogP contribution in [0.3, 0.4) is 0 Å². The number of carbonyl (C=O) groups excluding carboxylic acids is 4. The molecule has 1 aliphatic carbocycles. The van der Waals surface area contributed by atoms with E-state index in [1.54, 1.807) is 6.33 Å². The fraction of sp³-hybridized carbons (Fsp3) is 0.585. The Morgan fingerprint density at radius 1 is 0.786 bits per heavy atom. The zero-order valence-electron chi connectivity index (χ0n) is 40.5. The van der Waals surface area contributed by atoms with Gasteiger partial charge < -0.3 is 40.4 Å². The molecule has 70 heavy (non-hydrogen) atoms. The third-order valence-electron chi connectivity index (χ3n) is 16.0. The number of H-pyrrole nitrogens is 1. The highest BCUT2D eigenvalue weighted by Crippen LogP contribution is 2.35. The van der Waals surface area contributed by atoms with Crippen molar-refractivity contribution in [2.24, 2.45) is 11.7 Å². The minimum Gasteiger partial charge on any atom is -0.375 e. The van der Waals surface area contributed by atoms with Crippen LogP contribution >= 0.6 is 11.6 Å². The van der Waals surface area contributed by atoms with Crippen LogP contribution < -0.4 is 16.0 Å². The number of piperazine rings is 1. The van der Waals surface area contributed by atoms with Crippen molar-refractivity contribution in [3.8, 4) is 0 Å². The van der Waals surface area contributed by atoms with E-state index in [0.717, 1.165) is 131 Å². The number of nitrogens with two attached hydrogens (primary N) is 1. The van der Waals surface area contributed by atoms with Crippen LogP contribution in [-0.2, 0) is 19.1 Å². The molecule has 374 valence electrons. The van der Waals surface area contributed by atoms with E-state index in [-0.39, 0.29) is 47.8 Å². The number of halogens is 1. The van der Waals surface area contributed by atoms with Crippen molar-refractivity contribution in [2.75, 3.05) is 96.5 Å². The zero-order valence-corrected chi connectivity index (χ0v) is 41.2. The van der Waals surface area contributed by atoms with E-state index >= 15 is 0 Å². The second-order valence-corrected chi connectivity index (χ2v) is 21.2. The van der Waals surface area contributed by atoms with Gasteiger partial charge in [0.2, 0.25) is 17.7 Å². The van der Waals surface area contributed by atoms with Crippen LogP contribution in [-0.4, -0.2) is 172 Å². The number of anilines is 1. The van der Waals surface area contributed by atoms with Crippen LogP contribution in [0.5, 0.6) is 0 Å². The van der Waals surface area contributed by atoms with E-state index in [1.807, 2.05) is 58.5 Å². The summed E-state index contributed by atoms with van der Waals surface area (Å²) in [4.78, 5) is 78.8. The molecule has 5 aliphatic heterocycles. The first-order valence-corrected chi connectivity index (χ1v) is 26.4. The predicted molar refractivity (Wildman–Crippen MR) is 269 cm³/mol. The van der Waals surface area contributed by atoms with Gasteiger partial charge in [-0.05, 0) is 112 Å². The number of fused-ring (bicyclic) bond motifs is 1. The fourth-order valence-electron chi connectivity index (χ4n) is 11.4. The normalized spacial score (nSPS) is 22.6. The molecule has 0 radical (unpaired) electrons. The maximum absolute atomic E-state index is 14.0. The number of rotatable bonds is 14. The summed E-state index contributed by atoms with van der Waals surface area (Å²) in [6.07, 6.45) is 13.0. The van der Waals surface area contributed by atoms with Gasteiger partial charge >= 0.3 is 0 Å². The minimum absolute atomic E-state index is 0.0812.